The third-order valence-electron chi connectivity index (χ3n) is 6.19. The van der Waals surface area contributed by atoms with E-state index in [0.29, 0.717) is 6.04 Å². The minimum absolute atomic E-state index is 0.147. The molecule has 0 aromatic carbocycles. The summed E-state index contributed by atoms with van der Waals surface area (Å²) in [5, 5.41) is 10.7. The number of carbonyl (C=O) groups excluding carboxylic acids is 1. The Kier molecular flexibility index (Phi) is 4.57. The summed E-state index contributed by atoms with van der Waals surface area (Å²) in [6.45, 7) is 3.85. The molecule has 6 heteroatoms. The van der Waals surface area contributed by atoms with Crippen molar-refractivity contribution in [2.45, 2.75) is 76.3 Å². The van der Waals surface area contributed by atoms with E-state index in [2.05, 4.69) is 25.4 Å². The second-order valence-electron chi connectivity index (χ2n) is 7.87. The van der Waals surface area contributed by atoms with Gasteiger partial charge in [-0.25, -0.2) is 4.98 Å². The predicted octanol–water partition coefficient (Wildman–Crippen LogP) is 2.13. The summed E-state index contributed by atoms with van der Waals surface area (Å²) in [5.41, 5.74) is 0. The minimum atomic E-state index is 0.147. The number of hydrogen-bond acceptors (Lipinski definition) is 4. The van der Waals surface area contributed by atoms with Gasteiger partial charge in [0.2, 0.25) is 5.91 Å². The van der Waals surface area contributed by atoms with E-state index in [-0.39, 0.29) is 23.8 Å². The lowest BCUT2D eigenvalue weighted by molar-refractivity contribution is -0.125. The molecule has 0 spiro atoms. The van der Waals surface area contributed by atoms with Crippen LogP contribution in [0.25, 0.3) is 0 Å². The highest BCUT2D eigenvalue weighted by Crippen LogP contribution is 2.33. The van der Waals surface area contributed by atoms with E-state index in [4.69, 9.17) is 0 Å². The number of H-pyrrole nitrogens is 1. The maximum Gasteiger partial charge on any atom is 0.223 e. The largest absolute Gasteiger partial charge is 0.351 e. The smallest absolute Gasteiger partial charge is 0.223 e. The van der Waals surface area contributed by atoms with Crippen molar-refractivity contribution in [2.75, 3.05) is 13.1 Å². The number of amides is 1. The van der Waals surface area contributed by atoms with Crippen LogP contribution in [-0.2, 0) is 4.79 Å². The number of aryl methyl sites for hydroxylation is 1. The molecule has 2 saturated carbocycles. The summed E-state index contributed by atoms with van der Waals surface area (Å²) < 4.78 is 0. The lowest BCUT2D eigenvalue weighted by Crippen LogP contribution is -2.43. The number of rotatable bonds is 4. The van der Waals surface area contributed by atoms with Crippen LogP contribution in [-0.4, -0.2) is 51.2 Å². The molecule has 1 saturated heterocycles. The van der Waals surface area contributed by atoms with Gasteiger partial charge in [0, 0.05) is 25.0 Å². The number of aromatic amines is 1. The van der Waals surface area contributed by atoms with Crippen molar-refractivity contribution < 1.29 is 4.79 Å². The molecule has 2 atom stereocenters. The van der Waals surface area contributed by atoms with Crippen LogP contribution >= 0.6 is 0 Å². The van der Waals surface area contributed by atoms with Crippen LogP contribution in [0.1, 0.15) is 68.9 Å². The van der Waals surface area contributed by atoms with Crippen molar-refractivity contribution in [3.63, 3.8) is 0 Å². The van der Waals surface area contributed by atoms with E-state index in [0.717, 1.165) is 37.6 Å². The van der Waals surface area contributed by atoms with Gasteiger partial charge in [-0.05, 0) is 32.6 Å². The second kappa shape index (κ2) is 6.82. The van der Waals surface area contributed by atoms with Crippen LogP contribution in [0.4, 0.5) is 0 Å². The highest BCUT2D eigenvalue weighted by molar-refractivity contribution is 5.79. The number of likely N-dealkylation sites (tertiary alicyclic amines) is 1. The first-order chi connectivity index (χ1) is 11.7. The number of carbonyl (C=O) groups is 1. The maximum atomic E-state index is 12.6. The summed E-state index contributed by atoms with van der Waals surface area (Å²) in [5.74, 6) is 2.40. The van der Waals surface area contributed by atoms with Gasteiger partial charge in [0.05, 0.1) is 12.0 Å². The van der Waals surface area contributed by atoms with Crippen LogP contribution in [0.2, 0.25) is 0 Å². The fourth-order valence-corrected chi connectivity index (χ4v) is 4.82. The molecule has 0 radical (unpaired) electrons. The molecule has 1 amide bonds. The van der Waals surface area contributed by atoms with Crippen molar-refractivity contribution in [3.8, 4) is 0 Å². The first-order valence-electron chi connectivity index (χ1n) is 9.64. The molecule has 2 heterocycles. The second-order valence-corrected chi connectivity index (χ2v) is 7.87. The number of nitrogens with one attached hydrogen (secondary N) is 2. The summed E-state index contributed by atoms with van der Waals surface area (Å²) in [6, 6.07) is 0.829. The minimum Gasteiger partial charge on any atom is -0.351 e. The van der Waals surface area contributed by atoms with Crippen LogP contribution in [0.3, 0.4) is 0 Å². The molecule has 3 fully saturated rings. The normalized spacial score (nSPS) is 29.5. The first kappa shape index (κ1) is 16.1. The van der Waals surface area contributed by atoms with Crippen molar-refractivity contribution >= 4 is 5.91 Å². The van der Waals surface area contributed by atoms with Gasteiger partial charge in [0.15, 0.2) is 5.82 Å². The first-order valence-corrected chi connectivity index (χ1v) is 9.64. The van der Waals surface area contributed by atoms with Crippen LogP contribution in [0.15, 0.2) is 0 Å². The Bertz CT molecular complexity index is 574. The Morgan fingerprint density at radius 3 is 2.50 bits per heavy atom. The molecule has 4 rings (SSSR count). The van der Waals surface area contributed by atoms with Crippen LogP contribution < -0.4 is 5.32 Å². The molecule has 0 unspecified atom stereocenters. The maximum absolute atomic E-state index is 12.6. The van der Waals surface area contributed by atoms with Gasteiger partial charge < -0.3 is 5.32 Å². The molecule has 24 heavy (non-hydrogen) atoms. The molecule has 2 aliphatic carbocycles. The van der Waals surface area contributed by atoms with Gasteiger partial charge in [-0.1, -0.05) is 25.7 Å². The van der Waals surface area contributed by atoms with E-state index >= 15 is 0 Å². The zero-order chi connectivity index (χ0) is 16.5. The van der Waals surface area contributed by atoms with E-state index in [1.807, 2.05) is 6.92 Å². The van der Waals surface area contributed by atoms with E-state index in [1.165, 1.54) is 38.5 Å². The number of nitrogens with zero attached hydrogens (tertiary/aromatic N) is 3. The fourth-order valence-electron chi connectivity index (χ4n) is 4.82. The average molecular weight is 331 g/mol. The van der Waals surface area contributed by atoms with Crippen molar-refractivity contribution in [1.29, 1.82) is 0 Å². The van der Waals surface area contributed by atoms with Crippen LogP contribution in [0.5, 0.6) is 0 Å². The summed E-state index contributed by atoms with van der Waals surface area (Å²) in [7, 11) is 0. The van der Waals surface area contributed by atoms with Crippen molar-refractivity contribution in [1.82, 2.24) is 25.4 Å². The average Bonchev–Trinajstić information content (AvgIpc) is 3.35. The van der Waals surface area contributed by atoms with Gasteiger partial charge in [0.1, 0.15) is 5.82 Å². The fraction of sp³-hybridized carbons (Fsp3) is 0.833. The van der Waals surface area contributed by atoms with E-state index < -0.39 is 0 Å². The van der Waals surface area contributed by atoms with Crippen LogP contribution in [0, 0.1) is 12.8 Å². The Morgan fingerprint density at radius 2 is 1.83 bits per heavy atom. The third-order valence-corrected chi connectivity index (χ3v) is 6.19. The van der Waals surface area contributed by atoms with Gasteiger partial charge >= 0.3 is 0 Å². The topological polar surface area (TPSA) is 73.9 Å². The molecular weight excluding hydrogens is 302 g/mol. The third kappa shape index (κ3) is 3.21. The Morgan fingerprint density at radius 1 is 1.12 bits per heavy atom. The molecule has 6 nitrogen and oxygen atoms in total. The highest BCUT2D eigenvalue weighted by Gasteiger charge is 2.41. The number of hydrogen-bond donors (Lipinski definition) is 2. The lowest BCUT2D eigenvalue weighted by atomic mass is 10.0. The summed E-state index contributed by atoms with van der Waals surface area (Å²) in [4.78, 5) is 19.8. The summed E-state index contributed by atoms with van der Waals surface area (Å²) >= 11 is 0. The SMILES string of the molecule is Cc1nc([C@@H]2CN(C3CCCC3)C[C@H]2NC(=O)C2CCCC2)n[nH]1. The zero-order valence-electron chi connectivity index (χ0n) is 14.6. The van der Waals surface area contributed by atoms with Crippen molar-refractivity contribution in [3.05, 3.63) is 11.6 Å². The predicted molar refractivity (Wildman–Crippen MR) is 91.6 cm³/mol. The molecule has 132 valence electrons. The Hall–Kier alpha value is -1.43. The quantitative estimate of drug-likeness (QED) is 0.886. The van der Waals surface area contributed by atoms with Gasteiger partial charge in [-0.15, -0.1) is 0 Å². The van der Waals surface area contributed by atoms with Gasteiger partial charge in [-0.3, -0.25) is 14.8 Å². The standard InChI is InChI=1S/C18H29N5O/c1-12-19-17(22-21-12)15-10-23(14-8-4-5-9-14)11-16(15)20-18(24)13-6-2-3-7-13/h13-16H,2-11H2,1H3,(H,20,24)(H,19,21,22)/t15-,16-/m1/s1. The Labute approximate surface area is 143 Å². The zero-order valence-corrected chi connectivity index (χ0v) is 14.6. The summed E-state index contributed by atoms with van der Waals surface area (Å²) in [6.07, 6.45) is 9.76. The molecule has 1 aliphatic heterocycles. The Balaban J connectivity index is 1.48. The van der Waals surface area contributed by atoms with Crippen molar-refractivity contribution in [2.24, 2.45) is 5.92 Å². The molecule has 0 bridgehead atoms. The molecule has 3 aliphatic rings. The highest BCUT2D eigenvalue weighted by atomic mass is 16.2. The van der Waals surface area contributed by atoms with Gasteiger partial charge in [0.25, 0.3) is 0 Å². The lowest BCUT2D eigenvalue weighted by Gasteiger charge is -2.23. The molecule has 1 aromatic rings. The van der Waals surface area contributed by atoms with E-state index in [9.17, 15) is 4.79 Å². The van der Waals surface area contributed by atoms with E-state index in [1.54, 1.807) is 0 Å². The monoisotopic (exact) mass is 331 g/mol. The molecule has 2 N–H and O–H groups in total. The number of aromatic nitrogens is 3. The van der Waals surface area contributed by atoms with Gasteiger partial charge in [-0.2, -0.15) is 5.10 Å². The molecule has 1 aromatic heterocycles. The molecular formula is C18H29N5O.